The number of carbonyl (C=O) groups excluding carboxylic acids is 3. The highest BCUT2D eigenvalue weighted by Crippen LogP contribution is 2.37. The largest absolute Gasteiger partial charge is 0.462 e. The first-order valence-electron chi connectivity index (χ1n) is 8.56. The van der Waals surface area contributed by atoms with Crippen LogP contribution in [-0.2, 0) is 9.53 Å². The fourth-order valence-corrected chi connectivity index (χ4v) is 4.48. The fraction of sp³-hybridized carbons (Fsp3) is 0.389. The normalized spacial score (nSPS) is 13.9. The minimum Gasteiger partial charge on any atom is -0.462 e. The van der Waals surface area contributed by atoms with E-state index in [0.717, 1.165) is 11.5 Å². The van der Waals surface area contributed by atoms with Crippen LogP contribution in [0, 0.1) is 6.92 Å². The molecule has 1 N–H and O–H groups in total. The quantitative estimate of drug-likeness (QED) is 0.697. The molecule has 0 radical (unpaired) electrons. The summed E-state index contributed by atoms with van der Waals surface area (Å²) >= 11 is 2.51. The van der Waals surface area contributed by atoms with Crippen molar-refractivity contribution in [3.05, 3.63) is 28.8 Å². The summed E-state index contributed by atoms with van der Waals surface area (Å²) in [5, 5.41) is 4.97. The summed E-state index contributed by atoms with van der Waals surface area (Å²) in [6.07, 6.45) is 0.168. The van der Waals surface area contributed by atoms with E-state index in [0.29, 0.717) is 29.4 Å². The monoisotopic (exact) mass is 408 g/mol. The molecule has 1 aliphatic heterocycles. The molecule has 7 nitrogen and oxygen atoms in total. The molecule has 1 fully saturated rings. The van der Waals surface area contributed by atoms with Crippen LogP contribution in [0.2, 0.25) is 0 Å². The summed E-state index contributed by atoms with van der Waals surface area (Å²) in [6, 6.07) is 3.59. The molecule has 0 unspecified atom stereocenters. The third kappa shape index (κ3) is 4.54. The molecule has 2 amide bonds. The summed E-state index contributed by atoms with van der Waals surface area (Å²) < 4.78 is 10.8. The maximum absolute atomic E-state index is 12.5. The molecule has 1 saturated heterocycles. The van der Waals surface area contributed by atoms with Crippen LogP contribution >= 0.6 is 23.1 Å². The minimum absolute atomic E-state index is 0.00149. The molecule has 144 valence electrons. The first-order valence-corrected chi connectivity index (χ1v) is 10.4. The van der Waals surface area contributed by atoms with E-state index in [1.54, 1.807) is 23.3 Å². The second kappa shape index (κ2) is 8.62. The summed E-state index contributed by atoms with van der Waals surface area (Å²) in [4.78, 5) is 38.1. The number of carbonyl (C=O) groups is 3. The van der Waals surface area contributed by atoms with Gasteiger partial charge in [0.05, 0.1) is 6.61 Å². The van der Waals surface area contributed by atoms with Crippen LogP contribution < -0.4 is 5.32 Å². The van der Waals surface area contributed by atoms with Crippen LogP contribution in [-0.4, -0.2) is 47.5 Å². The molecule has 0 aromatic carbocycles. The lowest BCUT2D eigenvalue weighted by molar-refractivity contribution is -0.116. The standard InChI is InChI=1S/C18H20N2O5S2/c1-3-24-17(22)15-12(13-5-4-11(2)25-13)10-27-16(15)19-14(21)6-7-20-8-9-26-18(20)23/h4-5,10H,3,6-9H2,1-2H3,(H,19,21). The number of thioether (sulfide) groups is 1. The molecule has 0 aliphatic carbocycles. The van der Waals surface area contributed by atoms with Crippen molar-refractivity contribution in [3.63, 3.8) is 0 Å². The Balaban J connectivity index is 1.75. The highest BCUT2D eigenvalue weighted by Gasteiger charge is 2.25. The Kier molecular flexibility index (Phi) is 6.22. The maximum Gasteiger partial charge on any atom is 0.341 e. The number of nitrogens with one attached hydrogen (secondary N) is 1. The van der Waals surface area contributed by atoms with Crippen LogP contribution in [0.5, 0.6) is 0 Å². The van der Waals surface area contributed by atoms with Crippen molar-refractivity contribution in [1.82, 2.24) is 4.90 Å². The van der Waals surface area contributed by atoms with Crippen molar-refractivity contribution < 1.29 is 23.5 Å². The molecule has 27 heavy (non-hydrogen) atoms. The van der Waals surface area contributed by atoms with E-state index in [1.807, 2.05) is 13.0 Å². The number of thiophene rings is 1. The molecular formula is C18H20N2O5S2. The zero-order valence-electron chi connectivity index (χ0n) is 15.1. The molecule has 9 heteroatoms. The summed E-state index contributed by atoms with van der Waals surface area (Å²) in [5.41, 5.74) is 0.880. The van der Waals surface area contributed by atoms with Crippen molar-refractivity contribution >= 4 is 45.2 Å². The van der Waals surface area contributed by atoms with Gasteiger partial charge < -0.3 is 19.4 Å². The van der Waals surface area contributed by atoms with Gasteiger partial charge in [0.1, 0.15) is 22.1 Å². The maximum atomic E-state index is 12.5. The topological polar surface area (TPSA) is 88.8 Å². The Morgan fingerprint density at radius 2 is 2.19 bits per heavy atom. The molecule has 3 heterocycles. The molecule has 0 spiro atoms. The Morgan fingerprint density at radius 1 is 1.37 bits per heavy atom. The van der Waals surface area contributed by atoms with Gasteiger partial charge in [-0.1, -0.05) is 11.8 Å². The van der Waals surface area contributed by atoms with Crippen LogP contribution in [0.3, 0.4) is 0 Å². The van der Waals surface area contributed by atoms with E-state index in [9.17, 15) is 14.4 Å². The highest BCUT2D eigenvalue weighted by molar-refractivity contribution is 8.13. The summed E-state index contributed by atoms with van der Waals surface area (Å²) in [7, 11) is 0. The smallest absolute Gasteiger partial charge is 0.341 e. The van der Waals surface area contributed by atoms with Gasteiger partial charge in [-0.15, -0.1) is 11.3 Å². The second-order valence-corrected chi connectivity index (χ2v) is 7.81. The number of ether oxygens (including phenoxy) is 1. The SMILES string of the molecule is CCOC(=O)c1c(-c2ccc(C)o2)csc1NC(=O)CCN1CCSC1=O. The van der Waals surface area contributed by atoms with E-state index in [-0.39, 0.29) is 29.7 Å². The third-order valence-corrected chi connectivity index (χ3v) is 5.77. The van der Waals surface area contributed by atoms with Gasteiger partial charge in [-0.25, -0.2) is 4.79 Å². The lowest BCUT2D eigenvalue weighted by Crippen LogP contribution is -2.27. The number of amides is 2. The summed E-state index contributed by atoms with van der Waals surface area (Å²) in [6.45, 7) is 4.80. The number of nitrogens with zero attached hydrogens (tertiary/aromatic N) is 1. The van der Waals surface area contributed by atoms with Crippen molar-refractivity contribution in [3.8, 4) is 11.3 Å². The molecule has 0 saturated carbocycles. The Morgan fingerprint density at radius 3 is 2.81 bits per heavy atom. The van der Waals surface area contributed by atoms with Crippen molar-refractivity contribution in [2.24, 2.45) is 0 Å². The molecule has 2 aromatic rings. The predicted molar refractivity (Wildman–Crippen MR) is 105 cm³/mol. The number of hydrogen-bond donors (Lipinski definition) is 1. The molecule has 0 atom stereocenters. The molecular weight excluding hydrogens is 388 g/mol. The number of esters is 1. The van der Waals surface area contributed by atoms with Gasteiger partial charge in [-0.3, -0.25) is 9.59 Å². The lowest BCUT2D eigenvalue weighted by Gasteiger charge is -2.14. The van der Waals surface area contributed by atoms with Gasteiger partial charge in [-0.2, -0.15) is 0 Å². The van der Waals surface area contributed by atoms with Crippen molar-refractivity contribution in [1.29, 1.82) is 0 Å². The van der Waals surface area contributed by atoms with Crippen LogP contribution in [0.25, 0.3) is 11.3 Å². The third-order valence-electron chi connectivity index (χ3n) is 3.98. The number of aryl methyl sites for hydroxylation is 1. The molecule has 3 rings (SSSR count). The average molecular weight is 409 g/mol. The zero-order valence-corrected chi connectivity index (χ0v) is 16.7. The molecule has 0 bridgehead atoms. The first kappa shape index (κ1) is 19.5. The highest BCUT2D eigenvalue weighted by atomic mass is 32.2. The fourth-order valence-electron chi connectivity index (χ4n) is 2.67. The van der Waals surface area contributed by atoms with Crippen LogP contribution in [0.4, 0.5) is 9.80 Å². The average Bonchev–Trinajstić information content (AvgIpc) is 3.33. The molecule has 1 aliphatic rings. The lowest BCUT2D eigenvalue weighted by atomic mass is 10.1. The Hall–Kier alpha value is -2.26. The van der Waals surface area contributed by atoms with E-state index in [4.69, 9.17) is 9.15 Å². The van der Waals surface area contributed by atoms with E-state index in [1.165, 1.54) is 23.1 Å². The van der Waals surface area contributed by atoms with E-state index >= 15 is 0 Å². The van der Waals surface area contributed by atoms with Gasteiger partial charge in [0.2, 0.25) is 5.91 Å². The van der Waals surface area contributed by atoms with Gasteiger partial charge in [0.25, 0.3) is 5.24 Å². The van der Waals surface area contributed by atoms with Crippen LogP contribution in [0.15, 0.2) is 21.9 Å². The number of hydrogen-bond acceptors (Lipinski definition) is 7. The minimum atomic E-state index is -0.510. The van der Waals surface area contributed by atoms with E-state index in [2.05, 4.69) is 5.32 Å². The summed E-state index contributed by atoms with van der Waals surface area (Å²) in [5.74, 6) is 1.26. The predicted octanol–water partition coefficient (Wildman–Crippen LogP) is 3.99. The number of anilines is 1. The van der Waals surface area contributed by atoms with Crippen LogP contribution in [0.1, 0.15) is 29.5 Å². The zero-order chi connectivity index (χ0) is 19.4. The van der Waals surface area contributed by atoms with Crippen molar-refractivity contribution in [2.45, 2.75) is 20.3 Å². The van der Waals surface area contributed by atoms with Gasteiger partial charge in [0, 0.05) is 36.2 Å². The second-order valence-electron chi connectivity index (χ2n) is 5.88. The molecule has 2 aromatic heterocycles. The Bertz CT molecular complexity index is 858. The first-order chi connectivity index (χ1) is 13.0. The Labute approximate surface area is 165 Å². The number of rotatable bonds is 7. The van der Waals surface area contributed by atoms with Gasteiger partial charge in [-0.05, 0) is 26.0 Å². The van der Waals surface area contributed by atoms with Gasteiger partial charge >= 0.3 is 5.97 Å². The number of furan rings is 1. The van der Waals surface area contributed by atoms with Gasteiger partial charge in [0.15, 0.2) is 0 Å². The van der Waals surface area contributed by atoms with E-state index < -0.39 is 5.97 Å². The van der Waals surface area contributed by atoms with Crippen molar-refractivity contribution in [2.75, 3.05) is 30.8 Å².